The molecule has 4 rings (SSSR count). The molecule has 1 heterocycles. The molecule has 2 aromatic rings. The minimum atomic E-state index is 0.249. The van der Waals surface area contributed by atoms with E-state index < -0.39 is 0 Å². The summed E-state index contributed by atoms with van der Waals surface area (Å²) in [5, 5.41) is 0. The first kappa shape index (κ1) is 14.9. The molecule has 3 nitrogen and oxygen atoms in total. The van der Waals surface area contributed by atoms with Crippen LogP contribution in [0.25, 0.3) is 12.2 Å². The fraction of sp³-hybridized carbons (Fsp3) is 0.238. The fourth-order valence-electron chi connectivity index (χ4n) is 3.41. The van der Waals surface area contributed by atoms with Gasteiger partial charge in [0.2, 0.25) is 0 Å². The van der Waals surface area contributed by atoms with Crippen LogP contribution in [0.5, 0.6) is 17.2 Å². The minimum absolute atomic E-state index is 0.249. The van der Waals surface area contributed by atoms with Crippen LogP contribution in [0.3, 0.4) is 0 Å². The number of hydrogen-bond donors (Lipinski definition) is 0. The number of ether oxygens (including phenoxy) is 3. The number of fused-ring (bicyclic) bond motifs is 3. The molecule has 1 unspecified atom stereocenters. The third kappa shape index (κ3) is 2.46. The van der Waals surface area contributed by atoms with E-state index in [0.717, 1.165) is 47.0 Å². The van der Waals surface area contributed by atoms with Crippen molar-refractivity contribution >= 4 is 12.2 Å². The average Bonchev–Trinajstić information content (AvgIpc) is 2.90. The third-order valence-electron chi connectivity index (χ3n) is 4.70. The van der Waals surface area contributed by atoms with Crippen molar-refractivity contribution in [1.82, 2.24) is 0 Å². The summed E-state index contributed by atoms with van der Waals surface area (Å²) in [7, 11) is 3.38. The van der Waals surface area contributed by atoms with E-state index in [2.05, 4.69) is 30.4 Å². The van der Waals surface area contributed by atoms with Crippen molar-refractivity contribution in [1.29, 1.82) is 0 Å². The van der Waals surface area contributed by atoms with E-state index in [0.29, 0.717) is 0 Å². The van der Waals surface area contributed by atoms with Crippen molar-refractivity contribution < 1.29 is 14.2 Å². The molecule has 1 aliphatic carbocycles. The van der Waals surface area contributed by atoms with Crippen LogP contribution in [0, 0.1) is 5.92 Å². The van der Waals surface area contributed by atoms with Crippen molar-refractivity contribution in [3.05, 3.63) is 64.9 Å². The summed E-state index contributed by atoms with van der Waals surface area (Å²) in [6.07, 6.45) is 8.49. The lowest BCUT2D eigenvalue weighted by Crippen LogP contribution is -2.05. The van der Waals surface area contributed by atoms with E-state index in [-0.39, 0.29) is 5.92 Å². The lowest BCUT2D eigenvalue weighted by atomic mass is 9.98. The lowest BCUT2D eigenvalue weighted by molar-refractivity contribution is 0.344. The van der Waals surface area contributed by atoms with Crippen LogP contribution in [0.1, 0.15) is 23.1 Å². The Balaban J connectivity index is 1.84. The molecule has 0 amide bonds. The Hall–Kier alpha value is -2.68. The molecule has 0 fully saturated rings. The lowest BCUT2D eigenvalue weighted by Gasteiger charge is -2.16. The molecule has 0 radical (unpaired) electrons. The first-order valence-corrected chi connectivity index (χ1v) is 8.20. The van der Waals surface area contributed by atoms with Crippen molar-refractivity contribution in [2.75, 3.05) is 14.2 Å². The number of para-hydroxylation sites is 1. The summed E-state index contributed by atoms with van der Waals surface area (Å²) < 4.78 is 17.4. The molecule has 1 atom stereocenters. The van der Waals surface area contributed by atoms with Gasteiger partial charge in [0.05, 0.1) is 14.2 Å². The standard InChI is InChI=1S/C21H20O3/c1-22-18-7-3-5-14-9-10-15-11-12-16-6-4-8-19(23-2)21(16)24-20(15)13-17(14)18/h3-10,13,15H,11-12H2,1-2H3. The van der Waals surface area contributed by atoms with Crippen molar-refractivity contribution in [2.45, 2.75) is 12.8 Å². The molecular formula is C21H20O3. The first-order valence-electron chi connectivity index (χ1n) is 8.20. The predicted molar refractivity (Wildman–Crippen MR) is 95.4 cm³/mol. The highest BCUT2D eigenvalue weighted by Crippen LogP contribution is 2.41. The highest BCUT2D eigenvalue weighted by Gasteiger charge is 2.25. The smallest absolute Gasteiger partial charge is 0.171 e. The molecular weight excluding hydrogens is 300 g/mol. The average molecular weight is 320 g/mol. The third-order valence-corrected chi connectivity index (χ3v) is 4.70. The van der Waals surface area contributed by atoms with Gasteiger partial charge in [-0.25, -0.2) is 0 Å². The largest absolute Gasteiger partial charge is 0.496 e. The number of allylic oxidation sites excluding steroid dienone is 1. The number of hydrogen-bond acceptors (Lipinski definition) is 3. The Morgan fingerprint density at radius 1 is 1.00 bits per heavy atom. The number of methoxy groups -OCH3 is 2. The number of aryl methyl sites for hydroxylation is 1. The summed E-state index contributed by atoms with van der Waals surface area (Å²) in [6.45, 7) is 0. The zero-order chi connectivity index (χ0) is 16.5. The van der Waals surface area contributed by atoms with Crippen LogP contribution in [-0.2, 0) is 6.42 Å². The molecule has 2 aromatic carbocycles. The predicted octanol–water partition coefficient (Wildman–Crippen LogP) is 4.71. The first-order chi connectivity index (χ1) is 11.8. The molecule has 2 aliphatic rings. The van der Waals surface area contributed by atoms with Crippen molar-refractivity contribution in [2.24, 2.45) is 5.92 Å². The Labute approximate surface area is 142 Å². The van der Waals surface area contributed by atoms with Crippen LogP contribution in [-0.4, -0.2) is 14.2 Å². The van der Waals surface area contributed by atoms with E-state index in [4.69, 9.17) is 14.2 Å². The van der Waals surface area contributed by atoms with Crippen molar-refractivity contribution in [3.63, 3.8) is 0 Å². The Bertz CT molecular complexity index is 833. The maximum atomic E-state index is 6.35. The van der Waals surface area contributed by atoms with E-state index >= 15 is 0 Å². The van der Waals surface area contributed by atoms with Gasteiger partial charge < -0.3 is 14.2 Å². The quantitative estimate of drug-likeness (QED) is 0.802. The fourth-order valence-corrected chi connectivity index (χ4v) is 3.41. The van der Waals surface area contributed by atoms with Gasteiger partial charge in [-0.1, -0.05) is 36.4 Å². The van der Waals surface area contributed by atoms with Gasteiger partial charge in [-0.05, 0) is 42.2 Å². The topological polar surface area (TPSA) is 27.7 Å². The zero-order valence-electron chi connectivity index (χ0n) is 13.9. The second-order valence-corrected chi connectivity index (χ2v) is 6.06. The Morgan fingerprint density at radius 2 is 1.79 bits per heavy atom. The van der Waals surface area contributed by atoms with Gasteiger partial charge in [0, 0.05) is 11.5 Å². The monoisotopic (exact) mass is 320 g/mol. The number of rotatable bonds is 2. The highest BCUT2D eigenvalue weighted by atomic mass is 16.5. The van der Waals surface area contributed by atoms with Crippen LogP contribution in [0.4, 0.5) is 0 Å². The second-order valence-electron chi connectivity index (χ2n) is 6.06. The molecule has 0 saturated heterocycles. The molecule has 0 N–H and O–H groups in total. The molecule has 0 bridgehead atoms. The van der Waals surface area contributed by atoms with Crippen molar-refractivity contribution in [3.8, 4) is 17.2 Å². The van der Waals surface area contributed by atoms with Crippen LogP contribution < -0.4 is 14.2 Å². The summed E-state index contributed by atoms with van der Waals surface area (Å²) in [4.78, 5) is 0. The molecule has 3 heteroatoms. The SMILES string of the molecule is COc1cccc2c1C=C1Oc3c(cccc3OC)CCC1C=C2. The van der Waals surface area contributed by atoms with Gasteiger partial charge in [0.25, 0.3) is 0 Å². The Kier molecular flexibility index (Phi) is 3.77. The van der Waals surface area contributed by atoms with Gasteiger partial charge in [0.1, 0.15) is 11.5 Å². The van der Waals surface area contributed by atoms with E-state index in [1.807, 2.05) is 24.3 Å². The van der Waals surface area contributed by atoms with Gasteiger partial charge in [-0.2, -0.15) is 0 Å². The van der Waals surface area contributed by atoms with E-state index in [9.17, 15) is 0 Å². The molecule has 0 spiro atoms. The number of benzene rings is 2. The maximum absolute atomic E-state index is 6.35. The zero-order valence-corrected chi connectivity index (χ0v) is 13.9. The summed E-state index contributed by atoms with van der Waals surface area (Å²) in [5.74, 6) is 3.67. The van der Waals surface area contributed by atoms with Crippen LogP contribution >= 0.6 is 0 Å². The van der Waals surface area contributed by atoms with E-state index in [1.54, 1.807) is 14.2 Å². The normalized spacial score (nSPS) is 18.1. The van der Waals surface area contributed by atoms with Gasteiger partial charge in [0.15, 0.2) is 11.5 Å². The van der Waals surface area contributed by atoms with E-state index in [1.165, 1.54) is 5.56 Å². The Morgan fingerprint density at radius 3 is 2.62 bits per heavy atom. The molecule has 0 aromatic heterocycles. The molecule has 1 aliphatic heterocycles. The van der Waals surface area contributed by atoms with Gasteiger partial charge >= 0.3 is 0 Å². The maximum Gasteiger partial charge on any atom is 0.171 e. The minimum Gasteiger partial charge on any atom is -0.496 e. The highest BCUT2D eigenvalue weighted by molar-refractivity contribution is 5.74. The molecule has 122 valence electrons. The summed E-state index contributed by atoms with van der Waals surface area (Å²) in [6, 6.07) is 12.2. The summed E-state index contributed by atoms with van der Waals surface area (Å²) >= 11 is 0. The van der Waals surface area contributed by atoms with Gasteiger partial charge in [-0.3, -0.25) is 0 Å². The van der Waals surface area contributed by atoms with Gasteiger partial charge in [-0.15, -0.1) is 0 Å². The molecule has 24 heavy (non-hydrogen) atoms. The van der Waals surface area contributed by atoms with Crippen LogP contribution in [0.15, 0.2) is 48.2 Å². The second kappa shape index (κ2) is 6.08. The summed E-state index contributed by atoms with van der Waals surface area (Å²) in [5.41, 5.74) is 3.41. The molecule has 0 saturated carbocycles. The van der Waals surface area contributed by atoms with Crippen LogP contribution in [0.2, 0.25) is 0 Å².